The fourth-order valence-corrected chi connectivity index (χ4v) is 2.08. The minimum absolute atomic E-state index is 0.0438. The summed E-state index contributed by atoms with van der Waals surface area (Å²) in [5, 5.41) is 0. The first-order valence-corrected chi connectivity index (χ1v) is 6.15. The lowest BCUT2D eigenvalue weighted by Gasteiger charge is -1.99. The highest BCUT2D eigenvalue weighted by molar-refractivity contribution is 14.1. The summed E-state index contributed by atoms with van der Waals surface area (Å²) < 4.78 is 7.54. The highest BCUT2D eigenvalue weighted by Gasteiger charge is 2.19. The molecule has 0 atom stereocenters. The number of nitrogens with zero attached hydrogens (tertiary/aromatic N) is 1. The van der Waals surface area contributed by atoms with Gasteiger partial charge in [-0.3, -0.25) is 0 Å². The van der Waals surface area contributed by atoms with Crippen molar-refractivity contribution in [3.8, 4) is 5.75 Å². The molecule has 0 N–H and O–H groups in total. The number of pyridine rings is 1. The molecule has 0 spiro atoms. The van der Waals surface area contributed by atoms with Gasteiger partial charge < -0.3 is 4.74 Å². The van der Waals surface area contributed by atoms with Crippen molar-refractivity contribution in [1.29, 1.82) is 0 Å². The van der Waals surface area contributed by atoms with E-state index < -0.39 is 0 Å². The first kappa shape index (κ1) is 12.0. The molecule has 3 nitrogen and oxygen atoms in total. The highest BCUT2D eigenvalue weighted by Crippen LogP contribution is 2.11. The molecule has 1 heterocycles. The predicted octanol–water partition coefficient (Wildman–Crippen LogP) is 2.28. The first-order chi connectivity index (χ1) is 8.22. The summed E-state index contributed by atoms with van der Waals surface area (Å²) in [5.74, 6) is 0.689. The molecule has 0 saturated heterocycles. The van der Waals surface area contributed by atoms with E-state index in [4.69, 9.17) is 4.74 Å². The molecule has 1 aromatic carbocycles. The molecule has 0 aliphatic rings. The molecule has 0 aliphatic heterocycles. The molecule has 0 bridgehead atoms. The second-order valence-corrected chi connectivity index (χ2v) is 4.59. The molecule has 0 unspecified atom stereocenters. The van der Waals surface area contributed by atoms with Gasteiger partial charge in [-0.1, -0.05) is 12.1 Å². The third-order valence-electron chi connectivity index (χ3n) is 2.37. The summed E-state index contributed by atoms with van der Waals surface area (Å²) in [6.07, 6.45) is 3.40. The third-order valence-corrected chi connectivity index (χ3v) is 3.31. The lowest BCUT2D eigenvalue weighted by Crippen LogP contribution is -2.42. The Morgan fingerprint density at radius 2 is 1.82 bits per heavy atom. The Labute approximate surface area is 113 Å². The number of hydrogen-bond acceptors (Lipinski definition) is 2. The van der Waals surface area contributed by atoms with Gasteiger partial charge in [-0.25, -0.2) is 4.79 Å². The van der Waals surface area contributed by atoms with E-state index in [-0.39, 0.29) is 5.91 Å². The van der Waals surface area contributed by atoms with Crippen molar-refractivity contribution in [3.05, 3.63) is 57.9 Å². The van der Waals surface area contributed by atoms with Crippen LogP contribution < -0.4 is 9.30 Å². The number of carbonyl (C=O) groups excluding carboxylic acids is 1. The van der Waals surface area contributed by atoms with Crippen LogP contribution in [-0.4, -0.2) is 13.0 Å². The fourth-order valence-electron chi connectivity index (χ4n) is 1.46. The quantitative estimate of drug-likeness (QED) is 0.620. The average molecular weight is 340 g/mol. The molecule has 0 radical (unpaired) electrons. The molecule has 0 saturated carbocycles. The van der Waals surface area contributed by atoms with E-state index in [9.17, 15) is 4.79 Å². The van der Waals surface area contributed by atoms with Gasteiger partial charge in [-0.15, -0.1) is 4.57 Å². The van der Waals surface area contributed by atoms with Gasteiger partial charge in [0.1, 0.15) is 11.3 Å². The van der Waals surface area contributed by atoms with Crippen molar-refractivity contribution in [2.45, 2.75) is 0 Å². The normalized spacial score (nSPS) is 10.0. The van der Waals surface area contributed by atoms with Crippen LogP contribution >= 0.6 is 22.6 Å². The van der Waals surface area contributed by atoms with Crippen LogP contribution in [0.5, 0.6) is 5.75 Å². The largest absolute Gasteiger partial charge is 0.496 e. The summed E-state index contributed by atoms with van der Waals surface area (Å²) in [4.78, 5) is 12.2. The Morgan fingerprint density at radius 1 is 1.18 bits per heavy atom. The highest BCUT2D eigenvalue weighted by atomic mass is 127. The number of carbonyl (C=O) groups is 1. The van der Waals surface area contributed by atoms with E-state index in [2.05, 4.69) is 22.6 Å². The van der Waals surface area contributed by atoms with Crippen LogP contribution in [-0.2, 0) is 0 Å². The maximum atomic E-state index is 12.2. The van der Waals surface area contributed by atoms with E-state index in [0.29, 0.717) is 5.56 Å². The van der Waals surface area contributed by atoms with Gasteiger partial charge in [0.2, 0.25) is 0 Å². The topological polar surface area (TPSA) is 30.2 Å². The van der Waals surface area contributed by atoms with Crippen molar-refractivity contribution >= 4 is 28.5 Å². The van der Waals surface area contributed by atoms with Crippen LogP contribution in [0.4, 0.5) is 0 Å². The molecule has 4 heteroatoms. The van der Waals surface area contributed by atoms with Crippen molar-refractivity contribution in [2.24, 2.45) is 0 Å². The van der Waals surface area contributed by atoms with Gasteiger partial charge in [0.15, 0.2) is 12.4 Å². The second-order valence-electron chi connectivity index (χ2n) is 3.43. The van der Waals surface area contributed by atoms with E-state index in [1.54, 1.807) is 36.2 Å². The van der Waals surface area contributed by atoms with Gasteiger partial charge >= 0.3 is 5.91 Å². The zero-order chi connectivity index (χ0) is 12.3. The standard InChI is InChI=1S/C13H11INO2/c1-17-10-6-8-15(9-7-10)13(16)11-4-2-3-5-12(11)14/h2-9H,1H3/q+1. The summed E-state index contributed by atoms with van der Waals surface area (Å²) >= 11 is 2.16. The SMILES string of the molecule is COc1cc[n+](C(=O)c2ccccc2I)cc1. The van der Waals surface area contributed by atoms with Crippen molar-refractivity contribution < 1.29 is 14.1 Å². The van der Waals surface area contributed by atoms with Gasteiger partial charge in [0.25, 0.3) is 0 Å². The molecule has 17 heavy (non-hydrogen) atoms. The predicted molar refractivity (Wildman–Crippen MR) is 72.1 cm³/mol. The number of benzene rings is 1. The van der Waals surface area contributed by atoms with Gasteiger partial charge in [-0.2, -0.15) is 0 Å². The molecule has 0 aliphatic carbocycles. The number of rotatable bonds is 2. The first-order valence-electron chi connectivity index (χ1n) is 5.07. The van der Waals surface area contributed by atoms with Crippen LogP contribution in [0.15, 0.2) is 48.8 Å². The summed E-state index contributed by atoms with van der Waals surface area (Å²) in [6, 6.07) is 11.0. The zero-order valence-electron chi connectivity index (χ0n) is 9.26. The monoisotopic (exact) mass is 340 g/mol. The Balaban J connectivity index is 2.34. The second kappa shape index (κ2) is 5.27. The van der Waals surface area contributed by atoms with Crippen LogP contribution in [0.2, 0.25) is 0 Å². The van der Waals surface area contributed by atoms with Crippen LogP contribution in [0.1, 0.15) is 10.4 Å². The maximum Gasteiger partial charge on any atom is 0.425 e. The summed E-state index contributed by atoms with van der Waals surface area (Å²) in [7, 11) is 1.60. The minimum Gasteiger partial charge on any atom is -0.496 e. The zero-order valence-corrected chi connectivity index (χ0v) is 11.4. The average Bonchev–Trinajstić information content (AvgIpc) is 2.39. The fraction of sp³-hybridized carbons (Fsp3) is 0.0769. The molecule has 0 fully saturated rings. The van der Waals surface area contributed by atoms with Crippen molar-refractivity contribution in [2.75, 3.05) is 7.11 Å². The third kappa shape index (κ3) is 2.63. The smallest absolute Gasteiger partial charge is 0.425 e. The van der Waals surface area contributed by atoms with E-state index in [1.165, 1.54) is 0 Å². The molecule has 2 rings (SSSR count). The molecular formula is C13H11INO2+. The van der Waals surface area contributed by atoms with Crippen molar-refractivity contribution in [3.63, 3.8) is 0 Å². The lowest BCUT2D eigenvalue weighted by atomic mass is 10.2. The van der Waals surface area contributed by atoms with Gasteiger partial charge in [0.05, 0.1) is 7.11 Å². The van der Waals surface area contributed by atoms with E-state index >= 15 is 0 Å². The van der Waals surface area contributed by atoms with E-state index in [0.717, 1.165) is 9.32 Å². The number of ether oxygens (including phenoxy) is 1. The maximum absolute atomic E-state index is 12.2. The molecule has 1 aromatic heterocycles. The Kier molecular flexibility index (Phi) is 3.73. The molecule has 2 aromatic rings. The van der Waals surface area contributed by atoms with Gasteiger partial charge in [0, 0.05) is 15.7 Å². The van der Waals surface area contributed by atoms with Crippen LogP contribution in [0.25, 0.3) is 0 Å². The summed E-state index contributed by atoms with van der Waals surface area (Å²) in [6.45, 7) is 0. The number of hydrogen-bond donors (Lipinski definition) is 0. The Bertz CT molecular complexity index is 537. The summed E-state index contributed by atoms with van der Waals surface area (Å²) in [5.41, 5.74) is 0.697. The lowest BCUT2D eigenvalue weighted by molar-refractivity contribution is -0.570. The Hall–Kier alpha value is -1.43. The molecular weight excluding hydrogens is 329 g/mol. The minimum atomic E-state index is -0.0438. The van der Waals surface area contributed by atoms with Crippen LogP contribution in [0.3, 0.4) is 0 Å². The van der Waals surface area contributed by atoms with E-state index in [1.807, 2.05) is 24.3 Å². The number of methoxy groups -OCH3 is 1. The Morgan fingerprint density at radius 3 is 2.41 bits per heavy atom. The van der Waals surface area contributed by atoms with Crippen molar-refractivity contribution in [1.82, 2.24) is 0 Å². The number of halogens is 1. The molecule has 0 amide bonds. The van der Waals surface area contributed by atoms with Crippen LogP contribution in [0, 0.1) is 3.57 Å². The number of aromatic nitrogens is 1. The molecule has 86 valence electrons. The van der Waals surface area contributed by atoms with Gasteiger partial charge in [-0.05, 0) is 34.7 Å².